The zero-order chi connectivity index (χ0) is 31.8. The lowest BCUT2D eigenvalue weighted by molar-refractivity contribution is -0.138. The second kappa shape index (κ2) is 12.6. The molecule has 2 aromatic carbocycles. The Balaban J connectivity index is 0.00000461. The van der Waals surface area contributed by atoms with Crippen molar-refractivity contribution in [2.75, 3.05) is 32.6 Å². The van der Waals surface area contributed by atoms with Crippen LogP contribution in [-0.2, 0) is 22.1 Å². The average Bonchev–Trinajstić information content (AvgIpc) is 3.67. The molecule has 0 amide bonds. The van der Waals surface area contributed by atoms with Gasteiger partial charge in [0.05, 0.1) is 50.5 Å². The number of aromatic amines is 1. The van der Waals surface area contributed by atoms with E-state index in [0.29, 0.717) is 46.5 Å². The Morgan fingerprint density at radius 3 is 2.62 bits per heavy atom. The van der Waals surface area contributed by atoms with Crippen molar-refractivity contribution in [1.29, 1.82) is 5.26 Å². The molecule has 5 rings (SSSR count). The highest BCUT2D eigenvalue weighted by Gasteiger charge is 2.41. The van der Waals surface area contributed by atoms with E-state index in [4.69, 9.17) is 9.26 Å². The zero-order valence-corrected chi connectivity index (χ0v) is 25.3. The maximum absolute atomic E-state index is 13.6. The molecular weight excluding hydrogens is 617 g/mol. The van der Waals surface area contributed by atoms with Crippen molar-refractivity contribution >= 4 is 23.6 Å². The molecule has 0 fully saturated rings. The van der Waals surface area contributed by atoms with Crippen LogP contribution in [0.2, 0.25) is 0 Å². The van der Waals surface area contributed by atoms with Gasteiger partial charge in [-0.1, -0.05) is 12.1 Å². The number of benzene rings is 2. The van der Waals surface area contributed by atoms with Gasteiger partial charge in [0, 0.05) is 23.0 Å². The van der Waals surface area contributed by atoms with E-state index in [0.717, 1.165) is 12.1 Å². The van der Waals surface area contributed by atoms with E-state index in [2.05, 4.69) is 26.4 Å². The van der Waals surface area contributed by atoms with E-state index >= 15 is 0 Å². The number of nitrogens with one attached hydrogen (secondary N) is 1. The lowest BCUT2D eigenvalue weighted by Gasteiger charge is -2.36. The number of quaternary nitrogens is 1. The molecule has 0 saturated heterocycles. The first-order chi connectivity index (χ1) is 20.9. The standard InChI is InChI=1S/C29H27F3N8O4.ClH/c1-17-23(25(41)43-4)24(39-27(35-36-28(39)42)38(17)21-9-5-8-20(14-21)29(30,31)32)22-11-10-18(15-33)13-19(22)7-6-12-40(2,3)26-34-16-44-37-26;/h5,8-11,13-14,16,24H,6-7,12H2,1-4H3;1H/t24-;/m1./s1. The van der Waals surface area contributed by atoms with E-state index in [-0.39, 0.29) is 35.3 Å². The van der Waals surface area contributed by atoms with Crippen LogP contribution < -0.4 is 27.5 Å². The summed E-state index contributed by atoms with van der Waals surface area (Å²) in [6.45, 7) is 2.13. The zero-order valence-electron chi connectivity index (χ0n) is 24.6. The second-order valence-corrected chi connectivity index (χ2v) is 10.7. The third kappa shape index (κ3) is 6.19. The number of hydrogen-bond acceptors (Lipinski definition) is 9. The molecule has 0 radical (unpaired) electrons. The van der Waals surface area contributed by atoms with Crippen LogP contribution in [0, 0.1) is 11.3 Å². The Labute approximate surface area is 261 Å². The molecule has 2 aromatic heterocycles. The predicted molar refractivity (Wildman–Crippen MR) is 152 cm³/mol. The molecular formula is C29H28ClF3N8O4. The molecule has 12 nitrogen and oxygen atoms in total. The van der Waals surface area contributed by atoms with Crippen molar-refractivity contribution in [1.82, 2.24) is 29.4 Å². The Morgan fingerprint density at radius 2 is 1.98 bits per heavy atom. The molecule has 1 atom stereocenters. The maximum atomic E-state index is 13.6. The summed E-state index contributed by atoms with van der Waals surface area (Å²) in [7, 11) is 5.01. The second-order valence-electron chi connectivity index (χ2n) is 10.7. The third-order valence-electron chi connectivity index (χ3n) is 7.60. The van der Waals surface area contributed by atoms with Crippen molar-refractivity contribution < 1.29 is 39.6 Å². The van der Waals surface area contributed by atoms with Crippen LogP contribution in [0.15, 0.2) is 69.4 Å². The number of allylic oxidation sites excluding steroid dienone is 1. The van der Waals surface area contributed by atoms with E-state index < -0.39 is 29.4 Å². The number of fused-ring (bicyclic) bond motifs is 1. The number of nitriles is 1. The van der Waals surface area contributed by atoms with Crippen LogP contribution >= 0.6 is 0 Å². The summed E-state index contributed by atoms with van der Waals surface area (Å²) in [5.41, 5.74) is 0.264. The minimum Gasteiger partial charge on any atom is -1.00 e. The molecule has 0 unspecified atom stereocenters. The summed E-state index contributed by atoms with van der Waals surface area (Å²) < 4.78 is 52.4. The molecule has 0 aliphatic carbocycles. The van der Waals surface area contributed by atoms with Gasteiger partial charge >= 0.3 is 23.8 Å². The molecule has 45 heavy (non-hydrogen) atoms. The SMILES string of the molecule is COC(=O)C1=C(C)N(c2cccc(C(F)(F)F)c2)c2n[nH]c(=O)n2[C@@H]1c1ccc(C#N)cc1CCC[N+](C)(C)c1ncon1.[Cl-]. The number of alkyl halides is 3. The smallest absolute Gasteiger partial charge is 0.416 e. The third-order valence-corrected chi connectivity index (χ3v) is 7.60. The fraction of sp³-hybridized carbons (Fsp3) is 0.310. The van der Waals surface area contributed by atoms with Gasteiger partial charge in [0.2, 0.25) is 12.3 Å². The number of carbonyl (C=O) groups is 1. The number of aryl methyl sites for hydroxylation is 1. The van der Waals surface area contributed by atoms with E-state index in [1.807, 2.05) is 14.1 Å². The minimum atomic E-state index is -4.63. The van der Waals surface area contributed by atoms with Crippen LogP contribution in [0.4, 0.5) is 30.8 Å². The minimum absolute atomic E-state index is 0. The number of nitrogens with zero attached hydrogens (tertiary/aromatic N) is 7. The number of esters is 1. The first kappa shape index (κ1) is 33.0. The van der Waals surface area contributed by atoms with Crippen molar-refractivity contribution in [3.05, 3.63) is 92.9 Å². The van der Waals surface area contributed by atoms with Crippen molar-refractivity contribution in [3.63, 3.8) is 0 Å². The molecule has 1 N–H and O–H groups in total. The molecule has 3 heterocycles. The van der Waals surface area contributed by atoms with E-state index in [1.165, 1.54) is 35.1 Å². The van der Waals surface area contributed by atoms with E-state index in [9.17, 15) is 28.0 Å². The number of carbonyl (C=O) groups excluding carboxylic acids is 1. The molecule has 16 heteroatoms. The van der Waals surface area contributed by atoms with E-state index in [1.54, 1.807) is 25.1 Å². The summed E-state index contributed by atoms with van der Waals surface area (Å²) in [5.74, 6) is -0.317. The summed E-state index contributed by atoms with van der Waals surface area (Å²) in [4.78, 5) is 32.2. The molecule has 0 spiro atoms. The first-order valence-electron chi connectivity index (χ1n) is 13.4. The molecule has 1 aliphatic rings. The molecule has 0 bridgehead atoms. The average molecular weight is 645 g/mol. The quantitative estimate of drug-likeness (QED) is 0.221. The predicted octanol–water partition coefficient (Wildman–Crippen LogP) is 1.24. The van der Waals surface area contributed by atoms with Gasteiger partial charge in [-0.25, -0.2) is 19.3 Å². The Morgan fingerprint density at radius 1 is 1.22 bits per heavy atom. The van der Waals surface area contributed by atoms with Crippen LogP contribution in [0.3, 0.4) is 0 Å². The molecule has 236 valence electrons. The number of anilines is 2. The van der Waals surface area contributed by atoms with Crippen molar-refractivity contribution in [2.24, 2.45) is 0 Å². The highest BCUT2D eigenvalue weighted by molar-refractivity contribution is 5.93. The van der Waals surface area contributed by atoms with Crippen LogP contribution in [0.5, 0.6) is 0 Å². The molecule has 1 aliphatic heterocycles. The number of aromatic nitrogens is 5. The number of hydrogen-bond donors (Lipinski definition) is 1. The van der Waals surface area contributed by atoms with Gasteiger partial charge in [-0.05, 0) is 54.8 Å². The first-order valence-corrected chi connectivity index (χ1v) is 13.4. The van der Waals surface area contributed by atoms with Crippen molar-refractivity contribution in [2.45, 2.75) is 32.0 Å². The highest BCUT2D eigenvalue weighted by atomic mass is 35.5. The number of ether oxygens (including phenoxy) is 1. The highest BCUT2D eigenvalue weighted by Crippen LogP contribution is 2.43. The van der Waals surface area contributed by atoms with Gasteiger partial charge in [0.1, 0.15) is 6.04 Å². The van der Waals surface area contributed by atoms with Gasteiger partial charge in [-0.3, -0.25) is 9.38 Å². The summed E-state index contributed by atoms with van der Waals surface area (Å²) in [6.07, 6.45) is -2.35. The van der Waals surface area contributed by atoms with Gasteiger partial charge in [0.15, 0.2) is 0 Å². The summed E-state index contributed by atoms with van der Waals surface area (Å²) in [5, 5.41) is 20.1. The van der Waals surface area contributed by atoms with Gasteiger partial charge < -0.3 is 21.7 Å². The fourth-order valence-corrected chi connectivity index (χ4v) is 5.43. The van der Waals surface area contributed by atoms with Crippen LogP contribution in [0.1, 0.15) is 41.6 Å². The topological polar surface area (TPSA) is 143 Å². The van der Waals surface area contributed by atoms with Gasteiger partial charge in [-0.2, -0.15) is 18.4 Å². The number of methoxy groups -OCH3 is 1. The molecule has 0 saturated carbocycles. The number of halogens is 4. The Kier molecular flexibility index (Phi) is 9.22. The number of H-pyrrole nitrogens is 1. The summed E-state index contributed by atoms with van der Waals surface area (Å²) in [6, 6.07) is 10.5. The van der Waals surface area contributed by atoms with Crippen LogP contribution in [-0.4, -0.2) is 58.6 Å². The largest absolute Gasteiger partial charge is 1.00 e. The lowest BCUT2D eigenvalue weighted by Crippen LogP contribution is -3.00. The maximum Gasteiger partial charge on any atom is 0.416 e. The molecule has 4 aromatic rings. The normalized spacial score (nSPS) is 14.9. The monoisotopic (exact) mass is 644 g/mol. The Bertz CT molecular complexity index is 1840. The van der Waals surface area contributed by atoms with Gasteiger partial charge in [-0.15, -0.1) is 10.1 Å². The van der Waals surface area contributed by atoms with Crippen molar-refractivity contribution in [3.8, 4) is 6.07 Å². The summed E-state index contributed by atoms with van der Waals surface area (Å²) >= 11 is 0. The van der Waals surface area contributed by atoms with Gasteiger partial charge in [0.25, 0.3) is 0 Å². The Hall–Kier alpha value is -4.94. The fourth-order valence-electron chi connectivity index (χ4n) is 5.43. The lowest BCUT2D eigenvalue weighted by atomic mass is 9.88. The number of rotatable bonds is 8. The van der Waals surface area contributed by atoms with Crippen LogP contribution in [0.25, 0.3) is 0 Å².